The van der Waals surface area contributed by atoms with Gasteiger partial charge in [-0.15, -0.1) is 0 Å². The van der Waals surface area contributed by atoms with E-state index in [-0.39, 0.29) is 5.78 Å². The van der Waals surface area contributed by atoms with Crippen molar-refractivity contribution in [2.24, 2.45) is 13.0 Å². The molecule has 5 rings (SSSR count). The molecule has 0 N–H and O–H groups in total. The van der Waals surface area contributed by atoms with E-state index >= 15 is 0 Å². The summed E-state index contributed by atoms with van der Waals surface area (Å²) in [5.41, 5.74) is 4.36. The third-order valence-electron chi connectivity index (χ3n) is 6.56. The van der Waals surface area contributed by atoms with E-state index in [1.807, 2.05) is 0 Å². The molecule has 136 valence electrons. The highest BCUT2D eigenvalue weighted by Crippen LogP contribution is 2.44. The van der Waals surface area contributed by atoms with Gasteiger partial charge in [-0.25, -0.2) is 0 Å². The molecule has 4 heteroatoms. The Morgan fingerprint density at radius 2 is 2.12 bits per heavy atom. The van der Waals surface area contributed by atoms with Crippen molar-refractivity contribution in [3.8, 4) is 0 Å². The van der Waals surface area contributed by atoms with Gasteiger partial charge in [-0.1, -0.05) is 12.1 Å². The van der Waals surface area contributed by atoms with Gasteiger partial charge in [0.1, 0.15) is 0 Å². The van der Waals surface area contributed by atoms with Crippen molar-refractivity contribution in [3.05, 3.63) is 47.4 Å². The van der Waals surface area contributed by atoms with Crippen LogP contribution in [0.15, 0.2) is 36.2 Å². The molecule has 4 nitrogen and oxygen atoms in total. The lowest BCUT2D eigenvalue weighted by molar-refractivity contribution is -0.114. The number of likely N-dealkylation sites (N-methyl/N-ethyl adjacent to an activating group) is 1. The molecule has 1 aromatic heterocycles. The minimum absolute atomic E-state index is 0.205. The number of benzene rings is 1. The van der Waals surface area contributed by atoms with Gasteiger partial charge in [0.15, 0.2) is 5.78 Å². The van der Waals surface area contributed by atoms with Crippen LogP contribution in [0.1, 0.15) is 36.3 Å². The van der Waals surface area contributed by atoms with Crippen molar-refractivity contribution in [2.45, 2.75) is 37.6 Å². The standard InChI is InChI=1S/C22H26N2O2/c1-23-11-14(13-26-17-7-6-16(25)10-17)8-19-18-4-3-5-20-22(18)15(9-21(19)23)12-24(20)2/h3-5,10,12,14,19,21H,6-9,11,13H2,1-2H3/t14?,19?,21-/m1/s1. The van der Waals surface area contributed by atoms with Gasteiger partial charge >= 0.3 is 0 Å². The van der Waals surface area contributed by atoms with E-state index in [1.165, 1.54) is 28.5 Å². The first-order valence-corrected chi connectivity index (χ1v) is 9.73. The Morgan fingerprint density at radius 3 is 2.92 bits per heavy atom. The molecule has 2 aliphatic carbocycles. The van der Waals surface area contributed by atoms with E-state index < -0.39 is 0 Å². The second-order valence-corrected chi connectivity index (χ2v) is 8.31. The third-order valence-corrected chi connectivity index (χ3v) is 6.56. The van der Waals surface area contributed by atoms with Crippen LogP contribution in [0.4, 0.5) is 0 Å². The van der Waals surface area contributed by atoms with Crippen molar-refractivity contribution < 1.29 is 9.53 Å². The van der Waals surface area contributed by atoms with Crippen molar-refractivity contribution in [1.82, 2.24) is 9.47 Å². The number of nitrogens with zero attached hydrogens (tertiary/aromatic N) is 2. The third kappa shape index (κ3) is 2.50. The molecule has 3 aliphatic rings. The molecule has 0 saturated carbocycles. The molecule has 1 fully saturated rings. The van der Waals surface area contributed by atoms with Crippen LogP contribution in [0, 0.1) is 5.92 Å². The van der Waals surface area contributed by atoms with Crippen LogP contribution in [0.5, 0.6) is 0 Å². The maximum absolute atomic E-state index is 11.4. The first-order chi connectivity index (χ1) is 12.6. The van der Waals surface area contributed by atoms with Crippen LogP contribution in [-0.4, -0.2) is 41.5 Å². The maximum atomic E-state index is 11.4. The Bertz CT molecular complexity index is 910. The minimum Gasteiger partial charge on any atom is -0.497 e. The average molecular weight is 350 g/mol. The predicted molar refractivity (Wildman–Crippen MR) is 102 cm³/mol. The molecular formula is C22H26N2O2. The fourth-order valence-corrected chi connectivity index (χ4v) is 5.36. The van der Waals surface area contributed by atoms with Gasteiger partial charge in [0.2, 0.25) is 0 Å². The monoisotopic (exact) mass is 350 g/mol. The summed E-state index contributed by atoms with van der Waals surface area (Å²) in [5.74, 6) is 2.17. The number of piperidine rings is 1. The van der Waals surface area contributed by atoms with Gasteiger partial charge in [0.05, 0.1) is 12.4 Å². The largest absolute Gasteiger partial charge is 0.497 e. The Balaban J connectivity index is 1.41. The highest BCUT2D eigenvalue weighted by molar-refractivity contribution is 5.92. The Kier molecular flexibility index (Phi) is 3.71. The summed E-state index contributed by atoms with van der Waals surface area (Å²) >= 11 is 0. The number of hydrogen-bond donors (Lipinski definition) is 0. The number of carbonyl (C=O) groups excluding carboxylic acids is 1. The number of fused-ring (bicyclic) bond motifs is 2. The molecule has 3 atom stereocenters. The Labute approximate surface area is 154 Å². The molecule has 0 spiro atoms. The minimum atomic E-state index is 0.205. The quantitative estimate of drug-likeness (QED) is 0.851. The summed E-state index contributed by atoms with van der Waals surface area (Å²) in [6, 6.07) is 7.36. The second-order valence-electron chi connectivity index (χ2n) is 8.31. The number of ether oxygens (including phenoxy) is 1. The van der Waals surface area contributed by atoms with Gasteiger partial charge in [-0.2, -0.15) is 0 Å². The van der Waals surface area contributed by atoms with Gasteiger partial charge in [0.25, 0.3) is 0 Å². The molecule has 26 heavy (non-hydrogen) atoms. The van der Waals surface area contributed by atoms with Crippen LogP contribution in [0.2, 0.25) is 0 Å². The van der Waals surface area contributed by atoms with E-state index in [4.69, 9.17) is 4.74 Å². The van der Waals surface area contributed by atoms with E-state index in [0.717, 1.165) is 31.8 Å². The maximum Gasteiger partial charge on any atom is 0.159 e. The molecule has 2 heterocycles. The predicted octanol–water partition coefficient (Wildman–Crippen LogP) is 3.40. The lowest BCUT2D eigenvalue weighted by atomic mass is 9.72. The number of rotatable bonds is 3. The summed E-state index contributed by atoms with van der Waals surface area (Å²) in [6.07, 6.45) is 7.71. The van der Waals surface area contributed by atoms with Crippen LogP contribution in [0.25, 0.3) is 10.9 Å². The van der Waals surface area contributed by atoms with Gasteiger partial charge in [-0.3, -0.25) is 4.79 Å². The van der Waals surface area contributed by atoms with Crippen LogP contribution < -0.4 is 0 Å². The molecule has 2 aromatic rings. The summed E-state index contributed by atoms with van der Waals surface area (Å²) in [4.78, 5) is 13.9. The zero-order chi connectivity index (χ0) is 17.8. The molecular weight excluding hydrogens is 324 g/mol. The molecule has 2 unspecified atom stereocenters. The molecule has 1 saturated heterocycles. The molecule has 0 radical (unpaired) electrons. The zero-order valence-corrected chi connectivity index (χ0v) is 15.6. The van der Waals surface area contributed by atoms with E-state index in [0.29, 0.717) is 24.3 Å². The number of hydrogen-bond acceptors (Lipinski definition) is 3. The van der Waals surface area contributed by atoms with Crippen LogP contribution >= 0.6 is 0 Å². The number of allylic oxidation sites excluding steroid dienone is 2. The zero-order valence-electron chi connectivity index (χ0n) is 15.6. The topological polar surface area (TPSA) is 34.5 Å². The number of aromatic nitrogens is 1. The number of ketones is 1. The normalized spacial score (nSPS) is 28.3. The highest BCUT2D eigenvalue weighted by atomic mass is 16.5. The van der Waals surface area contributed by atoms with Gasteiger partial charge in [0, 0.05) is 67.5 Å². The molecule has 0 amide bonds. The highest BCUT2D eigenvalue weighted by Gasteiger charge is 2.39. The SMILES string of the molecule is CN1CC(COC2=CC(=O)CC2)CC2c3cccc4c3c(cn4C)C[C@H]21. The molecule has 1 aliphatic heterocycles. The number of carbonyl (C=O) groups is 1. The first-order valence-electron chi connectivity index (χ1n) is 9.73. The summed E-state index contributed by atoms with van der Waals surface area (Å²) < 4.78 is 8.27. The smallest absolute Gasteiger partial charge is 0.159 e. The first kappa shape index (κ1) is 16.1. The fourth-order valence-electron chi connectivity index (χ4n) is 5.36. The van der Waals surface area contributed by atoms with E-state index in [9.17, 15) is 4.79 Å². The van der Waals surface area contributed by atoms with Crippen molar-refractivity contribution in [1.29, 1.82) is 0 Å². The van der Waals surface area contributed by atoms with Crippen LogP contribution in [-0.2, 0) is 23.0 Å². The summed E-state index contributed by atoms with van der Waals surface area (Å²) in [7, 11) is 4.41. The van der Waals surface area contributed by atoms with Crippen molar-refractivity contribution in [2.75, 3.05) is 20.2 Å². The van der Waals surface area contributed by atoms with Crippen LogP contribution in [0.3, 0.4) is 0 Å². The van der Waals surface area contributed by atoms with Gasteiger partial charge < -0.3 is 14.2 Å². The fraction of sp³-hybridized carbons (Fsp3) is 0.500. The van der Waals surface area contributed by atoms with Gasteiger partial charge in [-0.05, 0) is 37.1 Å². The number of likely N-dealkylation sites (tertiary alicyclic amines) is 1. The van der Waals surface area contributed by atoms with Crippen molar-refractivity contribution >= 4 is 16.7 Å². The van der Waals surface area contributed by atoms with Crippen molar-refractivity contribution in [3.63, 3.8) is 0 Å². The van der Waals surface area contributed by atoms with E-state index in [2.05, 4.69) is 48.0 Å². The molecule has 0 bridgehead atoms. The lowest BCUT2D eigenvalue weighted by Gasteiger charge is -2.45. The average Bonchev–Trinajstić information content (AvgIpc) is 3.19. The number of aryl methyl sites for hydroxylation is 1. The Hall–Kier alpha value is -2.07. The molecule has 1 aromatic carbocycles. The van der Waals surface area contributed by atoms with E-state index in [1.54, 1.807) is 6.08 Å². The second kappa shape index (κ2) is 5.98. The summed E-state index contributed by atoms with van der Waals surface area (Å²) in [6.45, 7) is 1.80. The Morgan fingerprint density at radius 1 is 1.23 bits per heavy atom. The lowest BCUT2D eigenvalue weighted by Crippen LogP contribution is -2.48. The summed E-state index contributed by atoms with van der Waals surface area (Å²) in [5, 5.41) is 1.48.